The molecule has 8 nitrogen and oxygen atoms in total. The van der Waals surface area contributed by atoms with E-state index in [0.717, 1.165) is 10.2 Å². The van der Waals surface area contributed by atoms with Gasteiger partial charge in [-0.25, -0.2) is 5.43 Å². The minimum absolute atomic E-state index is 0.0604. The zero-order valence-corrected chi connectivity index (χ0v) is 16.8. The van der Waals surface area contributed by atoms with Crippen molar-refractivity contribution in [3.8, 4) is 17.5 Å². The van der Waals surface area contributed by atoms with Gasteiger partial charge >= 0.3 is 0 Å². The molecular formula is C21H16ClN5O3. The zero-order valence-electron chi connectivity index (χ0n) is 16.0. The Morgan fingerprint density at radius 1 is 1.30 bits per heavy atom. The molecule has 30 heavy (non-hydrogen) atoms. The number of phenols is 1. The van der Waals surface area contributed by atoms with E-state index in [2.05, 4.69) is 15.6 Å². The second kappa shape index (κ2) is 8.59. The normalized spacial score (nSPS) is 10.7. The maximum atomic E-state index is 12.7. The molecule has 0 unspecified atom stereocenters. The summed E-state index contributed by atoms with van der Waals surface area (Å²) in [6.07, 6.45) is 1.34. The fraction of sp³-hybridized carbons (Fsp3) is 0.0952. The van der Waals surface area contributed by atoms with E-state index in [9.17, 15) is 20.0 Å². The van der Waals surface area contributed by atoms with Crippen LogP contribution in [0, 0.1) is 25.2 Å². The van der Waals surface area contributed by atoms with Crippen LogP contribution in [0.3, 0.4) is 0 Å². The van der Waals surface area contributed by atoms with E-state index < -0.39 is 11.5 Å². The first-order valence-corrected chi connectivity index (χ1v) is 9.12. The van der Waals surface area contributed by atoms with E-state index in [4.69, 9.17) is 11.6 Å². The number of halogens is 1. The summed E-state index contributed by atoms with van der Waals surface area (Å²) in [5, 5.41) is 27.3. The van der Waals surface area contributed by atoms with Gasteiger partial charge < -0.3 is 5.11 Å². The van der Waals surface area contributed by atoms with E-state index in [0.29, 0.717) is 16.3 Å². The van der Waals surface area contributed by atoms with Crippen LogP contribution in [0.4, 0.5) is 0 Å². The molecule has 0 aliphatic rings. The molecule has 2 aromatic carbocycles. The number of phenolic OH excluding ortho intramolecular Hbond substituents is 1. The summed E-state index contributed by atoms with van der Waals surface area (Å²) < 4.78 is 0.963. The van der Waals surface area contributed by atoms with E-state index in [1.54, 1.807) is 24.3 Å². The van der Waals surface area contributed by atoms with Crippen molar-refractivity contribution in [2.75, 3.05) is 0 Å². The summed E-state index contributed by atoms with van der Waals surface area (Å²) in [5.74, 6) is -0.641. The summed E-state index contributed by atoms with van der Waals surface area (Å²) in [6.45, 7) is 3.27. The fourth-order valence-corrected chi connectivity index (χ4v) is 2.84. The lowest BCUT2D eigenvalue weighted by Gasteiger charge is -2.11. The van der Waals surface area contributed by atoms with Gasteiger partial charge in [0.2, 0.25) is 0 Å². The van der Waals surface area contributed by atoms with Gasteiger partial charge in [-0.05, 0) is 49.2 Å². The molecular weight excluding hydrogens is 406 g/mol. The van der Waals surface area contributed by atoms with Crippen molar-refractivity contribution >= 4 is 23.7 Å². The topological polar surface area (TPSA) is 120 Å². The Balaban J connectivity index is 1.99. The van der Waals surface area contributed by atoms with Crippen molar-refractivity contribution in [2.45, 2.75) is 13.8 Å². The third kappa shape index (κ3) is 4.21. The van der Waals surface area contributed by atoms with Gasteiger partial charge in [0.1, 0.15) is 17.4 Å². The molecule has 0 radical (unpaired) electrons. The Bertz CT molecular complexity index is 1270. The first kappa shape index (κ1) is 20.8. The fourth-order valence-electron chi connectivity index (χ4n) is 2.66. The van der Waals surface area contributed by atoms with Crippen LogP contribution in [0.2, 0.25) is 5.02 Å². The molecule has 0 bridgehead atoms. The quantitative estimate of drug-likeness (QED) is 0.495. The highest BCUT2D eigenvalue weighted by Gasteiger charge is 2.20. The summed E-state index contributed by atoms with van der Waals surface area (Å²) in [5.41, 5.74) is 3.16. The number of aromatic hydroxyl groups is 1. The van der Waals surface area contributed by atoms with Crippen molar-refractivity contribution < 1.29 is 9.90 Å². The molecule has 1 aromatic heterocycles. The van der Waals surface area contributed by atoms with Crippen LogP contribution in [-0.2, 0) is 0 Å². The number of carbonyl (C=O) groups is 1. The number of benzene rings is 2. The average molecular weight is 422 g/mol. The second-order valence-electron chi connectivity index (χ2n) is 6.40. The largest absolute Gasteiger partial charge is 0.508 e. The maximum absolute atomic E-state index is 12.7. The number of hydrogen-bond donors (Lipinski definition) is 2. The molecule has 0 saturated carbocycles. The molecule has 1 amide bonds. The minimum Gasteiger partial charge on any atom is -0.508 e. The van der Waals surface area contributed by atoms with Crippen LogP contribution in [0.1, 0.15) is 32.7 Å². The molecule has 150 valence electrons. The summed E-state index contributed by atoms with van der Waals surface area (Å²) in [6, 6.07) is 13.0. The minimum atomic E-state index is -0.702. The van der Waals surface area contributed by atoms with Crippen LogP contribution < -0.4 is 11.0 Å². The smallest absolute Gasteiger partial charge is 0.292 e. The first-order valence-electron chi connectivity index (χ1n) is 8.75. The van der Waals surface area contributed by atoms with Crippen molar-refractivity contribution in [2.24, 2.45) is 5.10 Å². The van der Waals surface area contributed by atoms with Gasteiger partial charge in [-0.15, -0.1) is 0 Å². The number of carbonyl (C=O) groups excluding carboxylic acids is 1. The number of hydrogen-bond acceptors (Lipinski definition) is 6. The highest BCUT2D eigenvalue weighted by atomic mass is 35.5. The molecule has 0 aliphatic heterocycles. The van der Waals surface area contributed by atoms with Crippen molar-refractivity contribution in [3.63, 3.8) is 0 Å². The number of aryl methyl sites for hydroxylation is 1. The standard InChI is InChI=1S/C21H16ClN5O3/c1-12-6-7-15(9-18(12)22)27-21(30)17(10-23)13(2)19(26-27)20(29)25-24-11-14-4-3-5-16(28)8-14/h3-9,11,28H,1-2H3,(H,25,29)/b24-11+. The first-order chi connectivity index (χ1) is 14.3. The van der Waals surface area contributed by atoms with Crippen molar-refractivity contribution in [1.29, 1.82) is 5.26 Å². The van der Waals surface area contributed by atoms with Crippen LogP contribution in [-0.4, -0.2) is 27.0 Å². The second-order valence-corrected chi connectivity index (χ2v) is 6.81. The molecule has 3 rings (SSSR count). The van der Waals surface area contributed by atoms with E-state index in [-0.39, 0.29) is 22.6 Å². The summed E-state index contributed by atoms with van der Waals surface area (Å²) in [4.78, 5) is 25.3. The molecule has 9 heteroatoms. The van der Waals surface area contributed by atoms with Gasteiger partial charge in [-0.3, -0.25) is 9.59 Å². The lowest BCUT2D eigenvalue weighted by molar-refractivity contribution is 0.0947. The molecule has 2 N–H and O–H groups in total. The average Bonchev–Trinajstić information content (AvgIpc) is 2.71. The van der Waals surface area contributed by atoms with Crippen molar-refractivity contribution in [1.82, 2.24) is 15.2 Å². The van der Waals surface area contributed by atoms with Crippen LogP contribution >= 0.6 is 11.6 Å². The maximum Gasteiger partial charge on any atom is 0.292 e. The number of nitrogens with one attached hydrogen (secondary N) is 1. The Hall–Kier alpha value is -3.96. The Morgan fingerprint density at radius 2 is 2.07 bits per heavy atom. The highest BCUT2D eigenvalue weighted by Crippen LogP contribution is 2.19. The van der Waals surface area contributed by atoms with E-state index >= 15 is 0 Å². The van der Waals surface area contributed by atoms with E-state index in [1.807, 2.05) is 13.0 Å². The van der Waals surface area contributed by atoms with Crippen LogP contribution in [0.15, 0.2) is 52.4 Å². The lowest BCUT2D eigenvalue weighted by Crippen LogP contribution is -2.31. The zero-order chi connectivity index (χ0) is 21.8. The SMILES string of the molecule is Cc1ccc(-n2nc(C(=O)N/N=C/c3cccc(O)c3)c(C)c(C#N)c2=O)cc1Cl. The molecule has 3 aromatic rings. The van der Waals surface area contributed by atoms with Gasteiger partial charge in [-0.1, -0.05) is 29.8 Å². The van der Waals surface area contributed by atoms with Gasteiger partial charge in [0.15, 0.2) is 5.69 Å². The Kier molecular flexibility index (Phi) is 5.95. The summed E-state index contributed by atoms with van der Waals surface area (Å²) in [7, 11) is 0. The molecule has 0 spiro atoms. The third-order valence-corrected chi connectivity index (χ3v) is 4.72. The Labute approximate surface area is 176 Å². The van der Waals surface area contributed by atoms with Gasteiger partial charge in [0.05, 0.1) is 11.9 Å². The number of amides is 1. The monoisotopic (exact) mass is 421 g/mol. The van der Waals surface area contributed by atoms with Gasteiger partial charge in [0, 0.05) is 10.6 Å². The molecule has 0 atom stereocenters. The highest BCUT2D eigenvalue weighted by molar-refractivity contribution is 6.31. The van der Waals surface area contributed by atoms with Crippen LogP contribution in [0.25, 0.3) is 5.69 Å². The van der Waals surface area contributed by atoms with E-state index in [1.165, 1.54) is 31.3 Å². The molecule has 0 saturated heterocycles. The predicted molar refractivity (Wildman–Crippen MR) is 112 cm³/mol. The van der Waals surface area contributed by atoms with Crippen molar-refractivity contribution in [3.05, 3.63) is 85.8 Å². The number of aromatic nitrogens is 2. The number of rotatable bonds is 4. The molecule has 1 heterocycles. The molecule has 0 fully saturated rings. The lowest BCUT2D eigenvalue weighted by atomic mass is 10.1. The number of nitriles is 1. The van der Waals surface area contributed by atoms with Gasteiger partial charge in [-0.2, -0.15) is 20.1 Å². The number of hydrazone groups is 1. The summed E-state index contributed by atoms with van der Waals surface area (Å²) >= 11 is 6.14. The molecule has 0 aliphatic carbocycles. The number of nitrogens with zero attached hydrogens (tertiary/aromatic N) is 4. The predicted octanol–water partition coefficient (Wildman–Crippen LogP) is 2.84. The Morgan fingerprint density at radius 3 is 2.73 bits per heavy atom. The van der Waals surface area contributed by atoms with Crippen LogP contribution in [0.5, 0.6) is 5.75 Å². The van der Waals surface area contributed by atoms with Gasteiger partial charge in [0.25, 0.3) is 11.5 Å². The third-order valence-electron chi connectivity index (χ3n) is 4.31.